The van der Waals surface area contributed by atoms with Gasteiger partial charge in [0, 0.05) is 12.6 Å². The number of amides is 2. The monoisotopic (exact) mass is 256 g/mol. The smallest absolute Gasteiger partial charge is 0.326 e. The molecule has 0 spiro atoms. The van der Waals surface area contributed by atoms with E-state index < -0.39 is 12.0 Å². The van der Waals surface area contributed by atoms with Crippen molar-refractivity contribution in [3.8, 4) is 0 Å². The minimum Gasteiger partial charge on any atom is -0.480 e. The molecule has 1 saturated heterocycles. The lowest BCUT2D eigenvalue weighted by Gasteiger charge is -2.24. The van der Waals surface area contributed by atoms with Crippen molar-refractivity contribution in [3.63, 3.8) is 0 Å². The minimum absolute atomic E-state index is 0.110. The molecule has 0 bridgehead atoms. The van der Waals surface area contributed by atoms with Crippen molar-refractivity contribution in [3.05, 3.63) is 0 Å². The van der Waals surface area contributed by atoms with Crippen molar-refractivity contribution in [1.82, 2.24) is 10.2 Å². The first-order valence-electron chi connectivity index (χ1n) is 6.86. The number of nitrogens with one attached hydrogen (secondary N) is 1. The maximum Gasteiger partial charge on any atom is 0.326 e. The first kappa shape index (κ1) is 14.8. The summed E-state index contributed by atoms with van der Waals surface area (Å²) in [7, 11) is 0. The number of carboxylic acid groups (broad SMARTS) is 1. The van der Waals surface area contributed by atoms with Crippen LogP contribution in [0.5, 0.6) is 0 Å². The lowest BCUT2D eigenvalue weighted by Crippen LogP contribution is -2.48. The van der Waals surface area contributed by atoms with E-state index in [0.717, 1.165) is 25.7 Å². The molecule has 1 fully saturated rings. The van der Waals surface area contributed by atoms with Gasteiger partial charge in [0.05, 0.1) is 0 Å². The van der Waals surface area contributed by atoms with E-state index in [-0.39, 0.29) is 12.1 Å². The molecule has 0 aromatic carbocycles. The van der Waals surface area contributed by atoms with Gasteiger partial charge < -0.3 is 15.3 Å². The number of carboxylic acids is 1. The molecule has 1 heterocycles. The number of unbranched alkanes of at least 4 members (excludes halogenated alkanes) is 2. The van der Waals surface area contributed by atoms with Crippen molar-refractivity contribution in [2.24, 2.45) is 0 Å². The number of nitrogens with zero attached hydrogens (tertiary/aromatic N) is 1. The van der Waals surface area contributed by atoms with Crippen LogP contribution in [0.1, 0.15) is 52.4 Å². The van der Waals surface area contributed by atoms with Crippen LogP contribution in [0.2, 0.25) is 0 Å². The number of rotatable bonds is 6. The van der Waals surface area contributed by atoms with Crippen LogP contribution in [-0.4, -0.2) is 40.6 Å². The topological polar surface area (TPSA) is 69.6 Å². The fraction of sp³-hybridized carbons (Fsp3) is 0.846. The second-order valence-corrected chi connectivity index (χ2v) is 5.04. The number of hydrogen-bond donors (Lipinski definition) is 2. The van der Waals surface area contributed by atoms with Crippen molar-refractivity contribution in [2.75, 3.05) is 6.54 Å². The van der Waals surface area contributed by atoms with Gasteiger partial charge in [-0.1, -0.05) is 26.2 Å². The van der Waals surface area contributed by atoms with Crippen LogP contribution >= 0.6 is 0 Å². The third kappa shape index (κ3) is 4.20. The van der Waals surface area contributed by atoms with Crippen LogP contribution in [-0.2, 0) is 4.79 Å². The molecular formula is C13H24N2O3. The summed E-state index contributed by atoms with van der Waals surface area (Å²) in [4.78, 5) is 24.4. The Morgan fingerprint density at radius 3 is 2.78 bits per heavy atom. The molecule has 2 atom stereocenters. The van der Waals surface area contributed by atoms with E-state index in [1.54, 1.807) is 0 Å². The molecule has 2 amide bonds. The molecule has 1 unspecified atom stereocenters. The summed E-state index contributed by atoms with van der Waals surface area (Å²) in [5.74, 6) is -0.902. The average molecular weight is 256 g/mol. The fourth-order valence-electron chi connectivity index (χ4n) is 2.33. The molecule has 2 N–H and O–H groups in total. The predicted octanol–water partition coefficient (Wildman–Crippen LogP) is 2.21. The summed E-state index contributed by atoms with van der Waals surface area (Å²) in [6.07, 6.45) is 5.71. The number of urea groups is 1. The van der Waals surface area contributed by atoms with Crippen LogP contribution in [0.4, 0.5) is 4.79 Å². The molecule has 0 aromatic rings. The summed E-state index contributed by atoms with van der Waals surface area (Å²) in [5, 5.41) is 11.9. The van der Waals surface area contributed by atoms with Gasteiger partial charge in [-0.25, -0.2) is 9.59 Å². The third-order valence-electron chi connectivity index (χ3n) is 3.41. The minimum atomic E-state index is -0.902. The summed E-state index contributed by atoms with van der Waals surface area (Å²) in [6, 6.07) is -0.768. The van der Waals surface area contributed by atoms with Gasteiger partial charge >= 0.3 is 12.0 Å². The maximum absolute atomic E-state index is 12.0. The zero-order valence-corrected chi connectivity index (χ0v) is 11.3. The Morgan fingerprint density at radius 1 is 1.44 bits per heavy atom. The summed E-state index contributed by atoms with van der Waals surface area (Å²) >= 11 is 0. The lowest BCUT2D eigenvalue weighted by molar-refractivity contribution is -0.141. The Hall–Kier alpha value is -1.26. The lowest BCUT2D eigenvalue weighted by atomic mass is 10.1. The first-order valence-corrected chi connectivity index (χ1v) is 6.86. The van der Waals surface area contributed by atoms with E-state index in [1.165, 1.54) is 11.3 Å². The van der Waals surface area contributed by atoms with Gasteiger partial charge in [0.2, 0.25) is 0 Å². The molecule has 5 heteroatoms. The van der Waals surface area contributed by atoms with Crippen LogP contribution in [0.15, 0.2) is 0 Å². The van der Waals surface area contributed by atoms with Gasteiger partial charge in [-0.3, -0.25) is 0 Å². The maximum atomic E-state index is 12.0. The Balaban J connectivity index is 2.37. The molecule has 0 aliphatic carbocycles. The summed E-state index contributed by atoms with van der Waals surface area (Å²) in [5.41, 5.74) is 0. The largest absolute Gasteiger partial charge is 0.480 e. The summed E-state index contributed by atoms with van der Waals surface area (Å²) in [6.45, 7) is 4.66. The number of aliphatic carboxylic acids is 1. The first-order chi connectivity index (χ1) is 8.56. The van der Waals surface area contributed by atoms with Crippen molar-refractivity contribution in [1.29, 1.82) is 0 Å². The van der Waals surface area contributed by atoms with Gasteiger partial charge in [-0.2, -0.15) is 0 Å². The molecular weight excluding hydrogens is 232 g/mol. The van der Waals surface area contributed by atoms with E-state index in [1.807, 2.05) is 6.92 Å². The van der Waals surface area contributed by atoms with E-state index >= 15 is 0 Å². The molecule has 0 radical (unpaired) electrons. The molecule has 1 aliphatic rings. The van der Waals surface area contributed by atoms with Gasteiger partial charge in [0.25, 0.3) is 0 Å². The second kappa shape index (κ2) is 7.24. The average Bonchev–Trinajstić information content (AvgIpc) is 2.78. The quantitative estimate of drug-likeness (QED) is 0.716. The van der Waals surface area contributed by atoms with Gasteiger partial charge in [-0.15, -0.1) is 0 Å². The number of carbonyl (C=O) groups is 2. The van der Waals surface area contributed by atoms with Crippen LogP contribution in [0.3, 0.4) is 0 Å². The normalized spacial score (nSPS) is 20.8. The van der Waals surface area contributed by atoms with Crippen molar-refractivity contribution < 1.29 is 14.7 Å². The Kier molecular flexibility index (Phi) is 5.95. The van der Waals surface area contributed by atoms with Gasteiger partial charge in [-0.05, 0) is 26.2 Å². The number of likely N-dealkylation sites (tertiary alicyclic amines) is 1. The number of hydrogen-bond acceptors (Lipinski definition) is 2. The Morgan fingerprint density at radius 2 is 2.17 bits per heavy atom. The third-order valence-corrected chi connectivity index (χ3v) is 3.41. The molecule has 1 rings (SSSR count). The standard InChI is InChI=1S/C13H24N2O3/c1-3-4-5-7-10(2)14-13(18)15-9-6-8-11(15)12(16)17/h10-11H,3-9H2,1-2H3,(H,14,18)(H,16,17)/t10?,11-/m0/s1. The SMILES string of the molecule is CCCCCC(C)NC(=O)N1CCC[C@H]1C(=O)O. The number of carbonyl (C=O) groups excluding carboxylic acids is 1. The van der Waals surface area contributed by atoms with Gasteiger partial charge in [0.15, 0.2) is 0 Å². The predicted molar refractivity (Wildman–Crippen MR) is 69.5 cm³/mol. The highest BCUT2D eigenvalue weighted by Crippen LogP contribution is 2.17. The van der Waals surface area contributed by atoms with Crippen molar-refractivity contribution >= 4 is 12.0 Å². The summed E-state index contributed by atoms with van der Waals surface area (Å²) < 4.78 is 0. The highest BCUT2D eigenvalue weighted by molar-refractivity contribution is 5.83. The molecule has 5 nitrogen and oxygen atoms in total. The van der Waals surface area contributed by atoms with E-state index in [0.29, 0.717) is 13.0 Å². The van der Waals surface area contributed by atoms with E-state index in [9.17, 15) is 9.59 Å². The molecule has 104 valence electrons. The Bertz CT molecular complexity index is 294. The van der Waals surface area contributed by atoms with Crippen LogP contribution in [0, 0.1) is 0 Å². The highest BCUT2D eigenvalue weighted by Gasteiger charge is 2.34. The zero-order chi connectivity index (χ0) is 13.5. The van der Waals surface area contributed by atoms with E-state index in [2.05, 4.69) is 12.2 Å². The Labute approximate surface area is 109 Å². The molecule has 0 aromatic heterocycles. The van der Waals surface area contributed by atoms with Crippen LogP contribution in [0.25, 0.3) is 0 Å². The second-order valence-electron chi connectivity index (χ2n) is 5.04. The van der Waals surface area contributed by atoms with Gasteiger partial charge in [0.1, 0.15) is 6.04 Å². The highest BCUT2D eigenvalue weighted by atomic mass is 16.4. The zero-order valence-electron chi connectivity index (χ0n) is 11.3. The van der Waals surface area contributed by atoms with Crippen molar-refractivity contribution in [2.45, 2.75) is 64.5 Å². The molecule has 1 aliphatic heterocycles. The fourth-order valence-corrected chi connectivity index (χ4v) is 2.33. The molecule has 18 heavy (non-hydrogen) atoms. The van der Waals surface area contributed by atoms with E-state index in [4.69, 9.17) is 5.11 Å². The molecule has 0 saturated carbocycles. The van der Waals surface area contributed by atoms with Crippen LogP contribution < -0.4 is 5.32 Å².